The number of carbonyl (C=O) groups excluding carboxylic acids is 1. The third-order valence-corrected chi connectivity index (χ3v) is 7.50. The van der Waals surface area contributed by atoms with E-state index in [1.54, 1.807) is 0 Å². The highest BCUT2D eigenvalue weighted by Gasteiger charge is 2.69. The lowest BCUT2D eigenvalue weighted by molar-refractivity contribution is -0.137. The van der Waals surface area contributed by atoms with Gasteiger partial charge in [-0.1, -0.05) is 6.92 Å². The van der Waals surface area contributed by atoms with Gasteiger partial charge in [0, 0.05) is 5.41 Å². The molecule has 0 amide bonds. The third-order valence-electron chi connectivity index (χ3n) is 7.50. The Morgan fingerprint density at radius 3 is 2.83 bits per heavy atom. The van der Waals surface area contributed by atoms with Crippen LogP contribution in [0, 0.1) is 46.8 Å². The van der Waals surface area contributed by atoms with E-state index in [4.69, 9.17) is 4.74 Å². The third kappa shape index (κ3) is 0.981. The van der Waals surface area contributed by atoms with Crippen molar-refractivity contribution in [1.82, 2.24) is 0 Å². The van der Waals surface area contributed by atoms with Gasteiger partial charge in [0.1, 0.15) is 0 Å². The lowest BCUT2D eigenvalue weighted by Gasteiger charge is -2.44. The SMILES string of the molecule is C[C@@H]1CC2CC1C1C2C2CC1C1(COC(=O)C1)C2. The molecule has 5 rings (SSSR count). The predicted octanol–water partition coefficient (Wildman–Crippen LogP) is 2.87. The Kier molecular flexibility index (Phi) is 1.69. The van der Waals surface area contributed by atoms with Crippen molar-refractivity contribution in [3.05, 3.63) is 0 Å². The highest BCUT2D eigenvalue weighted by molar-refractivity contribution is 5.72. The van der Waals surface area contributed by atoms with Crippen molar-refractivity contribution in [2.75, 3.05) is 6.61 Å². The number of fused-ring (bicyclic) bond motifs is 10. The van der Waals surface area contributed by atoms with Crippen molar-refractivity contribution in [1.29, 1.82) is 0 Å². The van der Waals surface area contributed by atoms with Gasteiger partial charge < -0.3 is 4.74 Å². The van der Waals surface area contributed by atoms with Crippen LogP contribution in [0.3, 0.4) is 0 Å². The fourth-order valence-electron chi connectivity index (χ4n) is 7.22. The minimum atomic E-state index is 0.0790. The van der Waals surface area contributed by atoms with E-state index in [1.165, 1.54) is 25.7 Å². The Bertz CT molecular complexity index is 431. The molecule has 1 aliphatic heterocycles. The fraction of sp³-hybridized carbons (Fsp3) is 0.938. The van der Waals surface area contributed by atoms with E-state index in [9.17, 15) is 4.79 Å². The number of carbonyl (C=O) groups is 1. The number of hydrogen-bond acceptors (Lipinski definition) is 2. The summed E-state index contributed by atoms with van der Waals surface area (Å²) >= 11 is 0. The van der Waals surface area contributed by atoms with Crippen LogP contribution in [0.15, 0.2) is 0 Å². The van der Waals surface area contributed by atoms with Crippen molar-refractivity contribution in [2.45, 2.75) is 39.0 Å². The van der Waals surface area contributed by atoms with Gasteiger partial charge in [-0.3, -0.25) is 4.79 Å². The molecule has 4 saturated carbocycles. The molecule has 1 spiro atoms. The molecule has 18 heavy (non-hydrogen) atoms. The summed E-state index contributed by atoms with van der Waals surface area (Å²) in [6, 6.07) is 0. The minimum absolute atomic E-state index is 0.0790. The first-order chi connectivity index (χ1) is 8.68. The predicted molar refractivity (Wildman–Crippen MR) is 66.6 cm³/mol. The van der Waals surface area contributed by atoms with Crippen molar-refractivity contribution in [2.24, 2.45) is 46.8 Å². The summed E-state index contributed by atoms with van der Waals surface area (Å²) in [6.45, 7) is 3.22. The highest BCUT2D eigenvalue weighted by Crippen LogP contribution is 2.74. The number of cyclic esters (lactones) is 1. The van der Waals surface area contributed by atoms with Crippen LogP contribution in [0.25, 0.3) is 0 Å². The maximum atomic E-state index is 11.6. The number of hydrogen-bond donors (Lipinski definition) is 0. The molecular weight excluding hydrogens is 224 g/mol. The first kappa shape index (κ1) is 10.3. The van der Waals surface area contributed by atoms with Crippen molar-refractivity contribution < 1.29 is 9.53 Å². The molecule has 0 N–H and O–H groups in total. The summed E-state index contributed by atoms with van der Waals surface area (Å²) in [5, 5.41) is 0. The summed E-state index contributed by atoms with van der Waals surface area (Å²) in [7, 11) is 0. The van der Waals surface area contributed by atoms with Gasteiger partial charge in [-0.15, -0.1) is 0 Å². The standard InChI is InChI=1S/C16H22O2/c1-8-2-9-3-11(8)15-12-4-10(14(9)15)5-16(12)6-13(17)18-7-16/h8-12,14-15H,2-7H2,1H3/t8-,9?,10?,11?,12?,14?,15?,16?/m1/s1. The second-order valence-corrected chi connectivity index (χ2v) is 8.03. The normalized spacial score (nSPS) is 63.8. The monoisotopic (exact) mass is 246 g/mol. The summed E-state index contributed by atoms with van der Waals surface area (Å²) in [6.07, 6.45) is 6.48. The van der Waals surface area contributed by atoms with Gasteiger partial charge in [0.25, 0.3) is 0 Å². The van der Waals surface area contributed by atoms with Crippen LogP contribution >= 0.6 is 0 Å². The smallest absolute Gasteiger partial charge is 0.306 e. The first-order valence-corrected chi connectivity index (χ1v) is 7.83. The van der Waals surface area contributed by atoms with E-state index in [0.717, 1.165) is 54.5 Å². The molecule has 0 aromatic heterocycles. The second kappa shape index (κ2) is 2.96. The van der Waals surface area contributed by atoms with Gasteiger partial charge in [-0.25, -0.2) is 0 Å². The van der Waals surface area contributed by atoms with Crippen LogP contribution in [0.2, 0.25) is 0 Å². The molecule has 4 aliphatic carbocycles. The van der Waals surface area contributed by atoms with Crippen LogP contribution in [0.4, 0.5) is 0 Å². The molecule has 2 heteroatoms. The molecule has 1 saturated heterocycles. The Labute approximate surface area is 108 Å². The molecular formula is C16H22O2. The highest BCUT2D eigenvalue weighted by atomic mass is 16.5. The summed E-state index contributed by atoms with van der Waals surface area (Å²) in [4.78, 5) is 11.6. The van der Waals surface area contributed by atoms with Crippen LogP contribution in [0.5, 0.6) is 0 Å². The molecule has 1 heterocycles. The Hall–Kier alpha value is -0.530. The lowest BCUT2D eigenvalue weighted by atomic mass is 9.59. The van der Waals surface area contributed by atoms with Crippen molar-refractivity contribution in [3.63, 3.8) is 0 Å². The molecule has 4 bridgehead atoms. The topological polar surface area (TPSA) is 26.3 Å². The number of ether oxygens (including phenoxy) is 1. The van der Waals surface area contributed by atoms with Gasteiger partial charge >= 0.3 is 5.97 Å². The van der Waals surface area contributed by atoms with Crippen LogP contribution in [0.1, 0.15) is 39.0 Å². The van der Waals surface area contributed by atoms with Gasteiger partial charge in [0.2, 0.25) is 0 Å². The molecule has 98 valence electrons. The number of esters is 1. The maximum Gasteiger partial charge on any atom is 0.306 e. The van der Waals surface area contributed by atoms with Gasteiger partial charge in [-0.2, -0.15) is 0 Å². The molecule has 5 fully saturated rings. The van der Waals surface area contributed by atoms with E-state index < -0.39 is 0 Å². The Balaban J connectivity index is 1.53. The minimum Gasteiger partial charge on any atom is -0.465 e. The van der Waals surface area contributed by atoms with E-state index in [2.05, 4.69) is 6.92 Å². The molecule has 8 atom stereocenters. The lowest BCUT2D eigenvalue weighted by Crippen LogP contribution is -2.41. The zero-order valence-electron chi connectivity index (χ0n) is 11.1. The van der Waals surface area contributed by atoms with Crippen LogP contribution < -0.4 is 0 Å². The van der Waals surface area contributed by atoms with E-state index in [0.29, 0.717) is 0 Å². The van der Waals surface area contributed by atoms with Gasteiger partial charge in [0.05, 0.1) is 13.0 Å². The quantitative estimate of drug-likeness (QED) is 0.485. The molecule has 0 aromatic rings. The van der Waals surface area contributed by atoms with Crippen molar-refractivity contribution in [3.8, 4) is 0 Å². The zero-order valence-corrected chi connectivity index (χ0v) is 11.1. The van der Waals surface area contributed by atoms with E-state index in [1.807, 2.05) is 0 Å². The van der Waals surface area contributed by atoms with Crippen LogP contribution in [-0.4, -0.2) is 12.6 Å². The van der Waals surface area contributed by atoms with E-state index >= 15 is 0 Å². The largest absolute Gasteiger partial charge is 0.465 e. The van der Waals surface area contributed by atoms with Gasteiger partial charge in [-0.05, 0) is 67.1 Å². The average Bonchev–Trinajstić information content (AvgIpc) is 3.04. The average molecular weight is 246 g/mol. The molecule has 2 nitrogen and oxygen atoms in total. The summed E-state index contributed by atoms with van der Waals surface area (Å²) in [5.74, 6) is 6.84. The van der Waals surface area contributed by atoms with Gasteiger partial charge in [0.15, 0.2) is 0 Å². The number of rotatable bonds is 0. The fourth-order valence-corrected chi connectivity index (χ4v) is 7.22. The zero-order chi connectivity index (χ0) is 12.1. The molecule has 0 aromatic carbocycles. The maximum absolute atomic E-state index is 11.6. The van der Waals surface area contributed by atoms with Crippen LogP contribution in [-0.2, 0) is 9.53 Å². The Morgan fingerprint density at radius 1 is 1.17 bits per heavy atom. The molecule has 5 aliphatic rings. The second-order valence-electron chi connectivity index (χ2n) is 8.03. The molecule has 0 radical (unpaired) electrons. The first-order valence-electron chi connectivity index (χ1n) is 7.83. The summed E-state index contributed by atoms with van der Waals surface area (Å²) in [5.41, 5.74) is 0.285. The van der Waals surface area contributed by atoms with E-state index in [-0.39, 0.29) is 11.4 Å². The summed E-state index contributed by atoms with van der Waals surface area (Å²) < 4.78 is 5.36. The van der Waals surface area contributed by atoms with Crippen molar-refractivity contribution >= 4 is 5.97 Å². The molecule has 7 unspecified atom stereocenters. The Morgan fingerprint density at radius 2 is 2.06 bits per heavy atom.